The number of rotatable bonds is 3. The van der Waals surface area contributed by atoms with Gasteiger partial charge >= 0.3 is 0 Å². The Morgan fingerprint density at radius 3 is 3.00 bits per heavy atom. The average molecular weight is 200 g/mol. The molecule has 0 spiro atoms. The molecule has 0 bridgehead atoms. The van der Waals surface area contributed by atoms with Crippen molar-refractivity contribution >= 4 is 10.8 Å². The fraction of sp³-hybridized carbons (Fsp3) is 0.308. The molecule has 2 nitrogen and oxygen atoms in total. The highest BCUT2D eigenvalue weighted by atomic mass is 14.6. The molecule has 0 aliphatic rings. The normalized spacial score (nSPS) is 12.9. The Labute approximate surface area is 90.1 Å². The van der Waals surface area contributed by atoms with Crippen LogP contribution in [0.3, 0.4) is 0 Å². The summed E-state index contributed by atoms with van der Waals surface area (Å²) in [7, 11) is 0. The van der Waals surface area contributed by atoms with Gasteiger partial charge in [-0.25, -0.2) is 0 Å². The Hall–Kier alpha value is -1.41. The van der Waals surface area contributed by atoms with Crippen molar-refractivity contribution in [3.63, 3.8) is 0 Å². The van der Waals surface area contributed by atoms with Crippen LogP contribution in [0.1, 0.15) is 31.4 Å². The van der Waals surface area contributed by atoms with E-state index in [9.17, 15) is 0 Å². The third kappa shape index (κ3) is 2.00. The first-order chi connectivity index (χ1) is 7.33. The number of pyridine rings is 1. The van der Waals surface area contributed by atoms with Crippen molar-refractivity contribution in [1.82, 2.24) is 4.98 Å². The van der Waals surface area contributed by atoms with E-state index in [1.807, 2.05) is 18.5 Å². The van der Waals surface area contributed by atoms with E-state index in [-0.39, 0.29) is 6.04 Å². The van der Waals surface area contributed by atoms with Crippen molar-refractivity contribution < 1.29 is 0 Å². The molecule has 2 heteroatoms. The topological polar surface area (TPSA) is 38.9 Å². The van der Waals surface area contributed by atoms with Crippen LogP contribution in [0.25, 0.3) is 10.8 Å². The highest BCUT2D eigenvalue weighted by molar-refractivity contribution is 5.85. The molecule has 2 aromatic rings. The number of hydrogen-bond acceptors (Lipinski definition) is 2. The first-order valence-electron chi connectivity index (χ1n) is 5.41. The van der Waals surface area contributed by atoms with Gasteiger partial charge in [0.2, 0.25) is 0 Å². The maximum atomic E-state index is 6.14. The summed E-state index contributed by atoms with van der Waals surface area (Å²) in [4.78, 5) is 4.16. The van der Waals surface area contributed by atoms with Crippen molar-refractivity contribution in [3.8, 4) is 0 Å². The molecule has 1 aromatic heterocycles. The van der Waals surface area contributed by atoms with E-state index in [2.05, 4.69) is 30.1 Å². The zero-order valence-electron chi connectivity index (χ0n) is 8.98. The number of nitrogens with two attached hydrogens (primary N) is 1. The van der Waals surface area contributed by atoms with E-state index < -0.39 is 0 Å². The molecular formula is C13H16N2. The van der Waals surface area contributed by atoms with E-state index >= 15 is 0 Å². The van der Waals surface area contributed by atoms with Crippen LogP contribution in [0.15, 0.2) is 36.7 Å². The van der Waals surface area contributed by atoms with E-state index in [1.54, 1.807) is 0 Å². The van der Waals surface area contributed by atoms with Gasteiger partial charge in [-0.2, -0.15) is 0 Å². The van der Waals surface area contributed by atoms with Crippen LogP contribution < -0.4 is 5.73 Å². The summed E-state index contributed by atoms with van der Waals surface area (Å²) in [5.74, 6) is 0. The highest BCUT2D eigenvalue weighted by Gasteiger charge is 2.08. The molecule has 2 N–H and O–H groups in total. The van der Waals surface area contributed by atoms with Crippen LogP contribution in [-0.4, -0.2) is 4.98 Å². The van der Waals surface area contributed by atoms with Crippen molar-refractivity contribution in [1.29, 1.82) is 0 Å². The summed E-state index contributed by atoms with van der Waals surface area (Å²) in [5.41, 5.74) is 7.35. The SMILES string of the molecule is CCCC(N)c1cccc2ccncc12. The first-order valence-corrected chi connectivity index (χ1v) is 5.41. The molecule has 0 aliphatic carbocycles. The minimum atomic E-state index is 0.128. The van der Waals surface area contributed by atoms with E-state index in [0.29, 0.717) is 0 Å². The molecular weight excluding hydrogens is 184 g/mol. The van der Waals surface area contributed by atoms with Gasteiger partial charge in [-0.3, -0.25) is 4.98 Å². The van der Waals surface area contributed by atoms with E-state index in [4.69, 9.17) is 5.73 Å². The monoisotopic (exact) mass is 200 g/mol. The highest BCUT2D eigenvalue weighted by Crippen LogP contribution is 2.24. The Bertz CT molecular complexity index is 446. The molecule has 0 saturated carbocycles. The second-order valence-corrected chi connectivity index (χ2v) is 3.84. The van der Waals surface area contributed by atoms with E-state index in [1.165, 1.54) is 16.3 Å². The van der Waals surface area contributed by atoms with Crippen LogP contribution in [0.2, 0.25) is 0 Å². The number of nitrogens with zero attached hydrogens (tertiary/aromatic N) is 1. The smallest absolute Gasteiger partial charge is 0.0349 e. The molecule has 0 saturated heterocycles. The van der Waals surface area contributed by atoms with Crippen LogP contribution in [0, 0.1) is 0 Å². The molecule has 1 atom stereocenters. The van der Waals surface area contributed by atoms with Gasteiger partial charge in [0, 0.05) is 23.8 Å². The Kier molecular flexibility index (Phi) is 2.97. The molecule has 1 unspecified atom stereocenters. The number of aromatic nitrogens is 1. The maximum absolute atomic E-state index is 6.14. The first kappa shape index (κ1) is 10.1. The summed E-state index contributed by atoms with van der Waals surface area (Å²) in [5, 5.41) is 2.40. The van der Waals surface area contributed by atoms with Crippen LogP contribution in [0.4, 0.5) is 0 Å². The summed E-state index contributed by atoms with van der Waals surface area (Å²) < 4.78 is 0. The molecule has 78 valence electrons. The van der Waals surface area contributed by atoms with Crippen LogP contribution in [0.5, 0.6) is 0 Å². The van der Waals surface area contributed by atoms with Crippen LogP contribution in [-0.2, 0) is 0 Å². The van der Waals surface area contributed by atoms with Gasteiger partial charge in [-0.15, -0.1) is 0 Å². The lowest BCUT2D eigenvalue weighted by Gasteiger charge is -2.13. The maximum Gasteiger partial charge on any atom is 0.0349 e. The molecule has 1 heterocycles. The zero-order chi connectivity index (χ0) is 10.7. The third-order valence-corrected chi connectivity index (χ3v) is 2.72. The van der Waals surface area contributed by atoms with Gasteiger partial charge in [-0.05, 0) is 23.4 Å². The van der Waals surface area contributed by atoms with Crippen molar-refractivity contribution in [2.24, 2.45) is 5.73 Å². The number of benzene rings is 1. The number of fused-ring (bicyclic) bond motifs is 1. The van der Waals surface area contributed by atoms with Crippen LogP contribution >= 0.6 is 0 Å². The van der Waals surface area contributed by atoms with Gasteiger partial charge in [-0.1, -0.05) is 31.5 Å². The zero-order valence-corrected chi connectivity index (χ0v) is 8.98. The summed E-state index contributed by atoms with van der Waals surface area (Å²) in [6.07, 6.45) is 5.85. The molecule has 15 heavy (non-hydrogen) atoms. The van der Waals surface area contributed by atoms with E-state index in [0.717, 1.165) is 12.8 Å². The molecule has 0 aliphatic heterocycles. The summed E-state index contributed by atoms with van der Waals surface area (Å²) in [6.45, 7) is 2.16. The van der Waals surface area contributed by atoms with Gasteiger partial charge in [0.1, 0.15) is 0 Å². The lowest BCUT2D eigenvalue weighted by Crippen LogP contribution is -2.10. The Balaban J connectivity index is 2.50. The lowest BCUT2D eigenvalue weighted by molar-refractivity contribution is 0.642. The lowest BCUT2D eigenvalue weighted by atomic mass is 9.98. The quantitative estimate of drug-likeness (QED) is 0.827. The van der Waals surface area contributed by atoms with Gasteiger partial charge in [0.05, 0.1) is 0 Å². The predicted molar refractivity (Wildman–Crippen MR) is 63.6 cm³/mol. The largest absolute Gasteiger partial charge is 0.324 e. The molecule has 0 fully saturated rings. The van der Waals surface area contributed by atoms with Gasteiger partial charge < -0.3 is 5.73 Å². The second kappa shape index (κ2) is 4.41. The second-order valence-electron chi connectivity index (χ2n) is 3.84. The summed E-state index contributed by atoms with van der Waals surface area (Å²) in [6, 6.07) is 8.41. The van der Waals surface area contributed by atoms with Crippen molar-refractivity contribution in [2.45, 2.75) is 25.8 Å². The molecule has 0 radical (unpaired) electrons. The molecule has 2 rings (SSSR count). The third-order valence-electron chi connectivity index (χ3n) is 2.72. The minimum Gasteiger partial charge on any atom is -0.324 e. The fourth-order valence-corrected chi connectivity index (χ4v) is 1.93. The minimum absolute atomic E-state index is 0.128. The molecule has 0 amide bonds. The predicted octanol–water partition coefficient (Wildman–Crippen LogP) is 3.03. The Morgan fingerprint density at radius 1 is 1.33 bits per heavy atom. The van der Waals surface area contributed by atoms with Crippen molar-refractivity contribution in [2.75, 3.05) is 0 Å². The Morgan fingerprint density at radius 2 is 2.20 bits per heavy atom. The van der Waals surface area contributed by atoms with Gasteiger partial charge in [0.15, 0.2) is 0 Å². The standard InChI is InChI=1S/C13H16N2/c1-2-4-13(14)11-6-3-5-10-7-8-15-9-12(10)11/h3,5-9,13H,2,4,14H2,1H3. The molecule has 1 aromatic carbocycles. The summed E-state index contributed by atoms with van der Waals surface area (Å²) >= 11 is 0. The fourth-order valence-electron chi connectivity index (χ4n) is 1.93. The average Bonchev–Trinajstić information content (AvgIpc) is 2.28. The number of hydrogen-bond donors (Lipinski definition) is 1. The van der Waals surface area contributed by atoms with Crippen molar-refractivity contribution in [3.05, 3.63) is 42.2 Å². The van der Waals surface area contributed by atoms with Gasteiger partial charge in [0.25, 0.3) is 0 Å².